The van der Waals surface area contributed by atoms with Crippen LogP contribution in [0, 0.1) is 11.7 Å². The lowest BCUT2D eigenvalue weighted by Gasteiger charge is -2.25. The summed E-state index contributed by atoms with van der Waals surface area (Å²) in [4.78, 5) is 0. The molecule has 0 aromatic heterocycles. The van der Waals surface area contributed by atoms with Gasteiger partial charge in [-0.3, -0.25) is 0 Å². The molecule has 0 fully saturated rings. The van der Waals surface area contributed by atoms with Crippen LogP contribution in [0.3, 0.4) is 0 Å². The Morgan fingerprint density at radius 1 is 1.30 bits per heavy atom. The third kappa shape index (κ3) is 6.45. The highest BCUT2D eigenvalue weighted by Gasteiger charge is 2.24. The SMILES string of the molecule is CC(C)CC(C)(O)CNS(=O)(=O)Cc1ccc(F)cc1. The van der Waals surface area contributed by atoms with E-state index in [1.54, 1.807) is 6.92 Å². The highest BCUT2D eigenvalue weighted by atomic mass is 32.2. The van der Waals surface area contributed by atoms with Crippen molar-refractivity contribution in [2.75, 3.05) is 6.54 Å². The maximum absolute atomic E-state index is 12.7. The Balaban J connectivity index is 2.60. The van der Waals surface area contributed by atoms with Crippen molar-refractivity contribution in [3.63, 3.8) is 0 Å². The highest BCUT2D eigenvalue weighted by molar-refractivity contribution is 7.88. The van der Waals surface area contributed by atoms with E-state index in [1.165, 1.54) is 24.3 Å². The molecule has 1 atom stereocenters. The van der Waals surface area contributed by atoms with Gasteiger partial charge in [0, 0.05) is 6.54 Å². The standard InChI is InChI=1S/C14H22FNO3S/c1-11(2)8-14(3,17)10-16-20(18,19)9-12-4-6-13(15)7-5-12/h4-7,11,16-17H,8-10H2,1-3H3. The molecule has 114 valence electrons. The zero-order chi connectivity index (χ0) is 15.4. The van der Waals surface area contributed by atoms with Crippen molar-refractivity contribution < 1.29 is 17.9 Å². The number of aliphatic hydroxyl groups is 1. The molecule has 1 aromatic rings. The van der Waals surface area contributed by atoms with Crippen molar-refractivity contribution in [3.8, 4) is 0 Å². The van der Waals surface area contributed by atoms with E-state index in [4.69, 9.17) is 0 Å². The minimum atomic E-state index is -3.55. The Kier molecular flexibility index (Phi) is 5.68. The Bertz CT molecular complexity index is 524. The first-order chi connectivity index (χ1) is 9.10. The molecule has 4 nitrogen and oxygen atoms in total. The van der Waals surface area contributed by atoms with Gasteiger partial charge in [-0.1, -0.05) is 26.0 Å². The van der Waals surface area contributed by atoms with Crippen LogP contribution in [0.2, 0.25) is 0 Å². The molecule has 0 amide bonds. The summed E-state index contributed by atoms with van der Waals surface area (Å²) in [5, 5.41) is 10.1. The zero-order valence-corrected chi connectivity index (χ0v) is 12.9. The zero-order valence-electron chi connectivity index (χ0n) is 12.1. The molecule has 0 aliphatic carbocycles. The van der Waals surface area contributed by atoms with E-state index in [2.05, 4.69) is 4.72 Å². The maximum atomic E-state index is 12.7. The van der Waals surface area contributed by atoms with Crippen LogP contribution in [0.4, 0.5) is 4.39 Å². The van der Waals surface area contributed by atoms with E-state index in [1.807, 2.05) is 13.8 Å². The predicted octanol–water partition coefficient (Wildman–Crippen LogP) is 2.04. The first-order valence-corrected chi connectivity index (χ1v) is 8.19. The molecule has 0 aliphatic heterocycles. The van der Waals surface area contributed by atoms with Gasteiger partial charge < -0.3 is 5.11 Å². The lowest BCUT2D eigenvalue weighted by Crippen LogP contribution is -2.41. The van der Waals surface area contributed by atoms with Gasteiger partial charge in [-0.2, -0.15) is 0 Å². The maximum Gasteiger partial charge on any atom is 0.215 e. The van der Waals surface area contributed by atoms with E-state index >= 15 is 0 Å². The van der Waals surface area contributed by atoms with Crippen molar-refractivity contribution in [1.29, 1.82) is 0 Å². The molecular formula is C14H22FNO3S. The topological polar surface area (TPSA) is 66.4 Å². The molecule has 1 unspecified atom stereocenters. The van der Waals surface area contributed by atoms with Gasteiger partial charge in [0.05, 0.1) is 11.4 Å². The summed E-state index contributed by atoms with van der Waals surface area (Å²) >= 11 is 0. The van der Waals surface area contributed by atoms with Crippen molar-refractivity contribution in [2.45, 2.75) is 38.5 Å². The molecule has 0 heterocycles. The van der Waals surface area contributed by atoms with Crippen LogP contribution >= 0.6 is 0 Å². The molecule has 1 rings (SSSR count). The number of hydrogen-bond donors (Lipinski definition) is 2. The number of benzene rings is 1. The summed E-state index contributed by atoms with van der Waals surface area (Å²) in [5.74, 6) is -0.365. The summed E-state index contributed by atoms with van der Waals surface area (Å²) < 4.78 is 38.9. The van der Waals surface area contributed by atoms with Gasteiger partial charge in [0.2, 0.25) is 10.0 Å². The number of hydrogen-bond acceptors (Lipinski definition) is 3. The first-order valence-electron chi connectivity index (χ1n) is 6.54. The molecule has 1 aromatic carbocycles. The van der Waals surface area contributed by atoms with Crippen LogP contribution in [0.1, 0.15) is 32.8 Å². The number of halogens is 1. The van der Waals surface area contributed by atoms with Gasteiger partial charge in [-0.15, -0.1) is 0 Å². The number of sulfonamides is 1. The van der Waals surface area contributed by atoms with Gasteiger partial charge in [-0.25, -0.2) is 17.5 Å². The van der Waals surface area contributed by atoms with E-state index in [9.17, 15) is 17.9 Å². The van der Waals surface area contributed by atoms with Crippen LogP contribution in [0.25, 0.3) is 0 Å². The average Bonchev–Trinajstić information content (AvgIpc) is 2.28. The molecule has 6 heteroatoms. The summed E-state index contributed by atoms with van der Waals surface area (Å²) in [6.07, 6.45) is 0.506. The second kappa shape index (κ2) is 6.65. The third-order valence-electron chi connectivity index (χ3n) is 2.79. The Labute approximate surface area is 120 Å². The third-order valence-corrected chi connectivity index (χ3v) is 4.09. The molecule has 0 aliphatic rings. The molecular weight excluding hydrogens is 281 g/mol. The second-order valence-corrected chi connectivity index (χ2v) is 7.61. The van der Waals surface area contributed by atoms with Crippen LogP contribution in [-0.2, 0) is 15.8 Å². The van der Waals surface area contributed by atoms with Crippen LogP contribution in [0.15, 0.2) is 24.3 Å². The highest BCUT2D eigenvalue weighted by Crippen LogP contribution is 2.16. The predicted molar refractivity (Wildman–Crippen MR) is 77.1 cm³/mol. The molecule has 0 spiro atoms. The van der Waals surface area contributed by atoms with Gasteiger partial charge in [0.25, 0.3) is 0 Å². The summed E-state index contributed by atoms with van der Waals surface area (Å²) in [6, 6.07) is 5.31. The molecule has 0 radical (unpaired) electrons. The molecule has 0 saturated carbocycles. The van der Waals surface area contributed by atoms with Gasteiger partial charge in [0.15, 0.2) is 0 Å². The first kappa shape index (κ1) is 17.1. The molecule has 0 saturated heterocycles. The fraction of sp³-hybridized carbons (Fsp3) is 0.571. The van der Waals surface area contributed by atoms with E-state index in [0.717, 1.165) is 0 Å². The quantitative estimate of drug-likeness (QED) is 0.810. The van der Waals surface area contributed by atoms with Crippen molar-refractivity contribution in [2.24, 2.45) is 5.92 Å². The largest absolute Gasteiger partial charge is 0.389 e. The van der Waals surface area contributed by atoms with E-state index in [0.29, 0.717) is 12.0 Å². The number of nitrogens with one attached hydrogen (secondary N) is 1. The minimum absolute atomic E-state index is 0.0330. The summed E-state index contributed by atoms with van der Waals surface area (Å²) in [5.41, 5.74) is -0.577. The van der Waals surface area contributed by atoms with Crippen molar-refractivity contribution >= 4 is 10.0 Å². The summed E-state index contributed by atoms with van der Waals surface area (Å²) in [7, 11) is -3.55. The minimum Gasteiger partial charge on any atom is -0.389 e. The Morgan fingerprint density at radius 2 is 1.85 bits per heavy atom. The second-order valence-electron chi connectivity index (χ2n) is 5.80. The lowest BCUT2D eigenvalue weighted by atomic mass is 9.95. The molecule has 2 N–H and O–H groups in total. The monoisotopic (exact) mass is 303 g/mol. The molecule has 0 bridgehead atoms. The van der Waals surface area contributed by atoms with Crippen molar-refractivity contribution in [3.05, 3.63) is 35.6 Å². The van der Waals surface area contributed by atoms with E-state index in [-0.39, 0.29) is 18.2 Å². The van der Waals surface area contributed by atoms with Crippen LogP contribution in [0.5, 0.6) is 0 Å². The summed E-state index contributed by atoms with van der Waals surface area (Å²) in [6.45, 7) is 5.49. The molecule has 20 heavy (non-hydrogen) atoms. The van der Waals surface area contributed by atoms with Crippen LogP contribution in [-0.4, -0.2) is 25.7 Å². The Morgan fingerprint density at radius 3 is 2.35 bits per heavy atom. The fourth-order valence-corrected chi connectivity index (χ4v) is 3.33. The average molecular weight is 303 g/mol. The Hall–Kier alpha value is -0.980. The normalized spacial score (nSPS) is 15.3. The van der Waals surface area contributed by atoms with E-state index < -0.39 is 21.4 Å². The van der Waals surface area contributed by atoms with Gasteiger partial charge in [0.1, 0.15) is 5.82 Å². The van der Waals surface area contributed by atoms with Crippen LogP contribution < -0.4 is 4.72 Å². The smallest absolute Gasteiger partial charge is 0.215 e. The van der Waals surface area contributed by atoms with Crippen molar-refractivity contribution in [1.82, 2.24) is 4.72 Å². The number of rotatable bonds is 7. The lowest BCUT2D eigenvalue weighted by molar-refractivity contribution is 0.0436. The fourth-order valence-electron chi connectivity index (χ4n) is 2.07. The van der Waals surface area contributed by atoms with Gasteiger partial charge >= 0.3 is 0 Å². The van der Waals surface area contributed by atoms with Gasteiger partial charge in [-0.05, 0) is 37.0 Å².